The molecule has 3 nitrogen and oxygen atoms in total. The van der Waals surface area contributed by atoms with Crippen LogP contribution in [-0.4, -0.2) is 30.1 Å². The molecule has 0 saturated carbocycles. The Labute approximate surface area is 101 Å². The van der Waals surface area contributed by atoms with E-state index in [1.807, 2.05) is 11.1 Å². The molecule has 1 fully saturated rings. The van der Waals surface area contributed by atoms with Crippen LogP contribution in [-0.2, 0) is 4.79 Å². The van der Waals surface area contributed by atoms with Gasteiger partial charge in [0.25, 0.3) is 0 Å². The number of likely N-dealkylation sites (tertiary alicyclic amines) is 1. The number of halogens is 1. The molecule has 4 heteroatoms. The molecule has 1 atom stereocenters. The molecule has 0 N–H and O–H groups in total. The fourth-order valence-corrected chi connectivity index (χ4v) is 2.59. The summed E-state index contributed by atoms with van der Waals surface area (Å²) in [5.74, 6) is 0.807. The quantitative estimate of drug-likeness (QED) is 0.696. The zero-order chi connectivity index (χ0) is 11.5. The Morgan fingerprint density at radius 2 is 2.44 bits per heavy atom. The van der Waals surface area contributed by atoms with Crippen molar-refractivity contribution in [2.24, 2.45) is 10.9 Å². The lowest BCUT2D eigenvalue weighted by Crippen LogP contribution is -2.27. The average molecular weight is 241 g/mol. The first-order valence-electron chi connectivity index (χ1n) is 5.88. The minimum absolute atomic E-state index is 0.266. The second-order valence-electron chi connectivity index (χ2n) is 4.54. The highest BCUT2D eigenvalue weighted by molar-refractivity contribution is 6.30. The van der Waals surface area contributed by atoms with Crippen molar-refractivity contribution in [3.63, 3.8) is 0 Å². The van der Waals surface area contributed by atoms with Gasteiger partial charge in [-0.25, -0.2) is 4.99 Å². The molecule has 1 unspecified atom stereocenters. The number of rotatable bonds is 4. The molecular weight excluding hydrogens is 224 g/mol. The molecule has 0 aromatic heterocycles. The maximum Gasteiger partial charge on any atom is 0.223 e. The summed E-state index contributed by atoms with van der Waals surface area (Å²) in [5, 5.41) is 0.576. The van der Waals surface area contributed by atoms with Gasteiger partial charge in [0, 0.05) is 32.1 Å². The summed E-state index contributed by atoms with van der Waals surface area (Å²) in [7, 11) is 0. The summed E-state index contributed by atoms with van der Waals surface area (Å²) in [5.41, 5.74) is 1.08. The molecule has 2 heterocycles. The molecule has 88 valence electrons. The van der Waals surface area contributed by atoms with E-state index >= 15 is 0 Å². The molecule has 2 aliphatic rings. The van der Waals surface area contributed by atoms with Gasteiger partial charge in [0.2, 0.25) is 5.91 Å². The first-order chi connectivity index (χ1) is 7.70. The van der Waals surface area contributed by atoms with Gasteiger partial charge in [-0.1, -0.05) is 24.9 Å². The van der Waals surface area contributed by atoms with Crippen molar-refractivity contribution >= 4 is 23.7 Å². The van der Waals surface area contributed by atoms with Crippen LogP contribution in [0.3, 0.4) is 0 Å². The van der Waals surface area contributed by atoms with Crippen molar-refractivity contribution in [3.8, 4) is 0 Å². The predicted octanol–water partition coefficient (Wildman–Crippen LogP) is 2.56. The molecule has 0 aliphatic carbocycles. The van der Waals surface area contributed by atoms with E-state index in [-0.39, 0.29) is 5.91 Å². The number of aliphatic imine (C=N–C) groups is 1. The minimum atomic E-state index is 0.266. The van der Waals surface area contributed by atoms with E-state index < -0.39 is 0 Å². The van der Waals surface area contributed by atoms with E-state index in [9.17, 15) is 4.79 Å². The normalized spacial score (nSPS) is 25.0. The number of nitrogens with zero attached hydrogens (tertiary/aromatic N) is 2. The van der Waals surface area contributed by atoms with Crippen LogP contribution < -0.4 is 0 Å². The zero-order valence-corrected chi connectivity index (χ0v) is 10.3. The van der Waals surface area contributed by atoms with Crippen molar-refractivity contribution in [1.82, 2.24) is 4.90 Å². The predicted molar refractivity (Wildman–Crippen MR) is 65.6 cm³/mol. The third-order valence-electron chi connectivity index (χ3n) is 3.21. The summed E-state index contributed by atoms with van der Waals surface area (Å²) in [6.07, 6.45) is 5.60. The van der Waals surface area contributed by atoms with Gasteiger partial charge >= 0.3 is 0 Å². The molecule has 0 bridgehead atoms. The molecule has 0 spiro atoms. The Morgan fingerprint density at radius 3 is 3.06 bits per heavy atom. The summed E-state index contributed by atoms with van der Waals surface area (Å²) in [4.78, 5) is 17.7. The van der Waals surface area contributed by atoms with Crippen LogP contribution in [0, 0.1) is 5.92 Å². The van der Waals surface area contributed by atoms with E-state index in [1.165, 1.54) is 0 Å². The fraction of sp³-hybridized carbons (Fsp3) is 0.667. The van der Waals surface area contributed by atoms with Crippen molar-refractivity contribution in [3.05, 3.63) is 10.7 Å². The maximum absolute atomic E-state index is 11.8. The van der Waals surface area contributed by atoms with E-state index in [2.05, 4.69) is 11.9 Å². The van der Waals surface area contributed by atoms with Gasteiger partial charge in [-0.3, -0.25) is 4.79 Å². The highest BCUT2D eigenvalue weighted by Crippen LogP contribution is 2.26. The molecular formula is C12H17ClN2O. The van der Waals surface area contributed by atoms with Crippen molar-refractivity contribution in [2.45, 2.75) is 32.6 Å². The van der Waals surface area contributed by atoms with E-state index in [1.54, 1.807) is 0 Å². The SMILES string of the molecule is CCCC1CC(=O)N(CC2=C(Cl)N=CC2)C1. The average Bonchev–Trinajstić information content (AvgIpc) is 2.77. The van der Waals surface area contributed by atoms with Crippen LogP contribution >= 0.6 is 11.6 Å². The van der Waals surface area contributed by atoms with Crippen LogP contribution in [0.15, 0.2) is 15.7 Å². The minimum Gasteiger partial charge on any atom is -0.338 e. The molecule has 2 rings (SSSR count). The zero-order valence-electron chi connectivity index (χ0n) is 9.58. The number of carbonyl (C=O) groups excluding carboxylic acids is 1. The number of hydrogen-bond donors (Lipinski definition) is 0. The van der Waals surface area contributed by atoms with Crippen molar-refractivity contribution in [2.75, 3.05) is 13.1 Å². The molecule has 0 aromatic carbocycles. The van der Waals surface area contributed by atoms with Gasteiger partial charge in [0.1, 0.15) is 5.16 Å². The first-order valence-corrected chi connectivity index (χ1v) is 6.26. The van der Waals surface area contributed by atoms with Crippen molar-refractivity contribution in [1.29, 1.82) is 0 Å². The summed E-state index contributed by atoms with van der Waals surface area (Å²) in [6.45, 7) is 3.72. The fourth-order valence-electron chi connectivity index (χ4n) is 2.38. The lowest BCUT2D eigenvalue weighted by atomic mass is 10.0. The number of carbonyl (C=O) groups is 1. The highest BCUT2D eigenvalue weighted by atomic mass is 35.5. The summed E-state index contributed by atoms with van der Waals surface area (Å²) >= 11 is 5.95. The van der Waals surface area contributed by atoms with Gasteiger partial charge in [-0.15, -0.1) is 0 Å². The smallest absolute Gasteiger partial charge is 0.223 e. The Bertz CT molecular complexity index is 349. The van der Waals surface area contributed by atoms with Crippen LogP contribution in [0.5, 0.6) is 0 Å². The summed E-state index contributed by atoms with van der Waals surface area (Å²) in [6, 6.07) is 0. The largest absolute Gasteiger partial charge is 0.338 e. The Kier molecular flexibility index (Phi) is 3.64. The van der Waals surface area contributed by atoms with Gasteiger partial charge in [0.05, 0.1) is 0 Å². The van der Waals surface area contributed by atoms with E-state index in [4.69, 9.17) is 11.6 Å². The second kappa shape index (κ2) is 5.00. The van der Waals surface area contributed by atoms with Gasteiger partial charge in [-0.05, 0) is 17.9 Å². The third kappa shape index (κ3) is 2.46. The van der Waals surface area contributed by atoms with Crippen LogP contribution in [0.25, 0.3) is 0 Å². The molecule has 2 aliphatic heterocycles. The van der Waals surface area contributed by atoms with Gasteiger partial charge < -0.3 is 4.90 Å². The van der Waals surface area contributed by atoms with Crippen LogP contribution in [0.1, 0.15) is 32.6 Å². The first kappa shape index (κ1) is 11.6. The lowest BCUT2D eigenvalue weighted by molar-refractivity contribution is -0.127. The second-order valence-corrected chi connectivity index (χ2v) is 4.90. The van der Waals surface area contributed by atoms with E-state index in [0.717, 1.165) is 31.4 Å². The van der Waals surface area contributed by atoms with E-state index in [0.29, 0.717) is 24.0 Å². The highest BCUT2D eigenvalue weighted by Gasteiger charge is 2.29. The molecule has 1 saturated heterocycles. The maximum atomic E-state index is 11.8. The van der Waals surface area contributed by atoms with Gasteiger partial charge in [0.15, 0.2) is 0 Å². The Balaban J connectivity index is 1.91. The Morgan fingerprint density at radius 1 is 1.62 bits per heavy atom. The topological polar surface area (TPSA) is 32.7 Å². The molecule has 1 amide bonds. The van der Waals surface area contributed by atoms with Crippen molar-refractivity contribution < 1.29 is 4.79 Å². The standard InChI is InChI=1S/C12H17ClN2O/c1-2-3-9-6-11(16)15(7-9)8-10-4-5-14-12(10)13/h5,9H,2-4,6-8H2,1H3. The molecule has 0 aromatic rings. The molecule has 0 radical (unpaired) electrons. The monoisotopic (exact) mass is 240 g/mol. The number of hydrogen-bond acceptors (Lipinski definition) is 2. The lowest BCUT2D eigenvalue weighted by Gasteiger charge is -2.17. The summed E-state index contributed by atoms with van der Waals surface area (Å²) < 4.78 is 0. The third-order valence-corrected chi connectivity index (χ3v) is 3.57. The van der Waals surface area contributed by atoms with Crippen LogP contribution in [0.4, 0.5) is 0 Å². The number of amides is 1. The van der Waals surface area contributed by atoms with Gasteiger partial charge in [-0.2, -0.15) is 0 Å². The van der Waals surface area contributed by atoms with Crippen LogP contribution in [0.2, 0.25) is 0 Å². The Hall–Kier alpha value is -0.830. The molecule has 16 heavy (non-hydrogen) atoms.